The summed E-state index contributed by atoms with van der Waals surface area (Å²) in [6, 6.07) is 0.526. The summed E-state index contributed by atoms with van der Waals surface area (Å²) in [5, 5.41) is 6.98. The van der Waals surface area contributed by atoms with E-state index in [4.69, 9.17) is 4.74 Å². The van der Waals surface area contributed by atoms with Crippen molar-refractivity contribution in [2.75, 3.05) is 33.2 Å². The van der Waals surface area contributed by atoms with Gasteiger partial charge in [-0.15, -0.1) is 0 Å². The standard InChI is InChI=1S/C21H42N4O2/c1-6-15-25-16-12-18(13-17-25)24-20(22-5)23-14-10-8-7-9-11-19(26)27-21(2,3)4/h18H,6-17H2,1-5H3,(H2,22,23,24). The van der Waals surface area contributed by atoms with Crippen molar-refractivity contribution in [1.29, 1.82) is 0 Å². The molecule has 6 nitrogen and oxygen atoms in total. The summed E-state index contributed by atoms with van der Waals surface area (Å²) in [4.78, 5) is 18.6. The first-order valence-electron chi connectivity index (χ1n) is 10.8. The lowest BCUT2D eigenvalue weighted by Gasteiger charge is -2.32. The van der Waals surface area contributed by atoms with E-state index >= 15 is 0 Å². The van der Waals surface area contributed by atoms with Gasteiger partial charge in [0.2, 0.25) is 0 Å². The van der Waals surface area contributed by atoms with Gasteiger partial charge in [-0.25, -0.2) is 0 Å². The van der Waals surface area contributed by atoms with E-state index < -0.39 is 0 Å². The number of nitrogens with one attached hydrogen (secondary N) is 2. The predicted molar refractivity (Wildman–Crippen MR) is 113 cm³/mol. The zero-order valence-corrected chi connectivity index (χ0v) is 18.3. The third kappa shape index (κ3) is 11.9. The van der Waals surface area contributed by atoms with Crippen molar-refractivity contribution in [3.8, 4) is 0 Å². The van der Waals surface area contributed by atoms with E-state index in [0.717, 1.165) is 38.2 Å². The van der Waals surface area contributed by atoms with Crippen LogP contribution in [0.25, 0.3) is 0 Å². The molecule has 0 radical (unpaired) electrons. The van der Waals surface area contributed by atoms with E-state index in [9.17, 15) is 4.79 Å². The quantitative estimate of drug-likeness (QED) is 0.263. The van der Waals surface area contributed by atoms with Gasteiger partial charge in [-0.2, -0.15) is 0 Å². The maximum Gasteiger partial charge on any atom is 0.306 e. The number of aliphatic imine (C=N–C) groups is 1. The second-order valence-electron chi connectivity index (χ2n) is 8.51. The molecule has 0 aromatic carbocycles. The molecule has 1 fully saturated rings. The number of piperidine rings is 1. The fraction of sp³-hybridized carbons (Fsp3) is 0.905. The number of likely N-dealkylation sites (tertiary alicyclic amines) is 1. The van der Waals surface area contributed by atoms with Crippen molar-refractivity contribution in [1.82, 2.24) is 15.5 Å². The molecule has 0 amide bonds. The largest absolute Gasteiger partial charge is 0.460 e. The highest BCUT2D eigenvalue weighted by Crippen LogP contribution is 2.12. The average molecular weight is 383 g/mol. The molecule has 0 atom stereocenters. The monoisotopic (exact) mass is 382 g/mol. The Balaban J connectivity index is 2.05. The normalized spacial score (nSPS) is 17.0. The first kappa shape index (κ1) is 23.7. The molecule has 6 heteroatoms. The minimum Gasteiger partial charge on any atom is -0.460 e. The lowest BCUT2D eigenvalue weighted by atomic mass is 10.1. The van der Waals surface area contributed by atoms with Crippen LogP contribution >= 0.6 is 0 Å². The fourth-order valence-corrected chi connectivity index (χ4v) is 3.35. The highest BCUT2D eigenvalue weighted by atomic mass is 16.6. The lowest BCUT2D eigenvalue weighted by molar-refractivity contribution is -0.154. The molecular formula is C21H42N4O2. The van der Waals surface area contributed by atoms with Crippen LogP contribution in [0.5, 0.6) is 0 Å². The number of esters is 1. The number of guanidine groups is 1. The third-order valence-corrected chi connectivity index (χ3v) is 4.71. The minimum absolute atomic E-state index is 0.0878. The van der Waals surface area contributed by atoms with Crippen molar-refractivity contribution in [2.45, 2.75) is 90.7 Å². The number of hydrogen-bond donors (Lipinski definition) is 2. The molecule has 2 N–H and O–H groups in total. The van der Waals surface area contributed by atoms with Gasteiger partial charge >= 0.3 is 5.97 Å². The molecule has 158 valence electrons. The number of hydrogen-bond acceptors (Lipinski definition) is 4. The lowest BCUT2D eigenvalue weighted by Crippen LogP contribution is -2.48. The fourth-order valence-electron chi connectivity index (χ4n) is 3.35. The second kappa shape index (κ2) is 13.0. The molecule has 1 saturated heterocycles. The number of ether oxygens (including phenoxy) is 1. The van der Waals surface area contributed by atoms with Gasteiger partial charge in [0.25, 0.3) is 0 Å². The molecule has 0 bridgehead atoms. The molecule has 0 spiro atoms. The molecule has 1 rings (SSSR count). The number of nitrogens with zero attached hydrogens (tertiary/aromatic N) is 2. The van der Waals surface area contributed by atoms with Gasteiger partial charge in [0, 0.05) is 39.1 Å². The second-order valence-corrected chi connectivity index (χ2v) is 8.51. The Morgan fingerprint density at radius 1 is 1.15 bits per heavy atom. The topological polar surface area (TPSA) is 66.0 Å². The summed E-state index contributed by atoms with van der Waals surface area (Å²) in [6.45, 7) is 12.5. The van der Waals surface area contributed by atoms with Crippen LogP contribution in [-0.2, 0) is 9.53 Å². The maximum absolute atomic E-state index is 11.7. The van der Waals surface area contributed by atoms with Crippen LogP contribution in [0.2, 0.25) is 0 Å². The molecule has 0 aromatic heterocycles. The molecule has 0 aliphatic carbocycles. The summed E-state index contributed by atoms with van der Waals surface area (Å²) >= 11 is 0. The van der Waals surface area contributed by atoms with Crippen molar-refractivity contribution >= 4 is 11.9 Å². The predicted octanol–water partition coefficient (Wildman–Crippen LogP) is 3.32. The van der Waals surface area contributed by atoms with Crippen LogP contribution in [0.4, 0.5) is 0 Å². The summed E-state index contributed by atoms with van der Waals surface area (Å²) < 4.78 is 5.33. The average Bonchev–Trinajstić information content (AvgIpc) is 2.60. The van der Waals surface area contributed by atoms with E-state index in [0.29, 0.717) is 12.5 Å². The Labute approximate surface area is 166 Å². The molecule has 0 unspecified atom stereocenters. The van der Waals surface area contributed by atoms with Gasteiger partial charge in [-0.3, -0.25) is 9.79 Å². The van der Waals surface area contributed by atoms with Crippen LogP contribution < -0.4 is 10.6 Å². The van der Waals surface area contributed by atoms with Crippen LogP contribution in [0.3, 0.4) is 0 Å². The molecule has 1 aliphatic heterocycles. The highest BCUT2D eigenvalue weighted by molar-refractivity contribution is 5.79. The summed E-state index contributed by atoms with van der Waals surface area (Å²) in [5.74, 6) is 0.827. The summed E-state index contributed by atoms with van der Waals surface area (Å²) in [5.41, 5.74) is -0.378. The molecular weight excluding hydrogens is 340 g/mol. The van der Waals surface area contributed by atoms with E-state index in [1.54, 1.807) is 0 Å². The van der Waals surface area contributed by atoms with Gasteiger partial charge in [-0.1, -0.05) is 19.8 Å². The smallest absolute Gasteiger partial charge is 0.306 e. The van der Waals surface area contributed by atoms with Crippen molar-refractivity contribution in [2.24, 2.45) is 4.99 Å². The van der Waals surface area contributed by atoms with Gasteiger partial charge in [0.1, 0.15) is 5.60 Å². The van der Waals surface area contributed by atoms with Crippen LogP contribution in [-0.4, -0.2) is 61.7 Å². The number of rotatable bonds is 10. The Bertz CT molecular complexity index is 438. The van der Waals surface area contributed by atoms with Crippen molar-refractivity contribution < 1.29 is 9.53 Å². The molecule has 27 heavy (non-hydrogen) atoms. The van der Waals surface area contributed by atoms with Crippen LogP contribution in [0.15, 0.2) is 4.99 Å². The van der Waals surface area contributed by atoms with E-state index in [-0.39, 0.29) is 11.6 Å². The number of carbonyl (C=O) groups is 1. The summed E-state index contributed by atoms with van der Waals surface area (Å²) in [7, 11) is 1.84. The van der Waals surface area contributed by atoms with E-state index in [2.05, 4.69) is 27.4 Å². The van der Waals surface area contributed by atoms with Gasteiger partial charge in [-0.05, 0) is 59.4 Å². The highest BCUT2D eigenvalue weighted by Gasteiger charge is 2.19. The van der Waals surface area contributed by atoms with Crippen LogP contribution in [0, 0.1) is 0 Å². The zero-order chi connectivity index (χ0) is 20.1. The van der Waals surface area contributed by atoms with Gasteiger partial charge in [0.15, 0.2) is 5.96 Å². The first-order valence-corrected chi connectivity index (χ1v) is 10.8. The molecule has 0 aromatic rings. The Hall–Kier alpha value is -1.30. The SMILES string of the molecule is CCCN1CCC(NC(=NC)NCCCCCCC(=O)OC(C)(C)C)CC1. The Morgan fingerprint density at radius 3 is 2.41 bits per heavy atom. The third-order valence-electron chi connectivity index (χ3n) is 4.71. The van der Waals surface area contributed by atoms with Gasteiger partial charge < -0.3 is 20.3 Å². The summed E-state index contributed by atoms with van der Waals surface area (Å²) in [6.07, 6.45) is 8.29. The molecule has 1 heterocycles. The van der Waals surface area contributed by atoms with E-state index in [1.165, 1.54) is 38.9 Å². The Morgan fingerprint density at radius 2 is 1.81 bits per heavy atom. The van der Waals surface area contributed by atoms with Gasteiger partial charge in [0.05, 0.1) is 0 Å². The minimum atomic E-state index is -0.378. The number of unbranched alkanes of at least 4 members (excludes halogenated alkanes) is 3. The van der Waals surface area contributed by atoms with Crippen LogP contribution in [0.1, 0.15) is 79.1 Å². The maximum atomic E-state index is 11.7. The van der Waals surface area contributed by atoms with Crippen molar-refractivity contribution in [3.05, 3.63) is 0 Å². The zero-order valence-electron chi connectivity index (χ0n) is 18.3. The van der Waals surface area contributed by atoms with Crippen molar-refractivity contribution in [3.63, 3.8) is 0 Å². The van der Waals surface area contributed by atoms with E-state index in [1.807, 2.05) is 27.8 Å². The molecule has 1 aliphatic rings. The Kier molecular flexibility index (Phi) is 11.4. The first-order chi connectivity index (χ1) is 12.8. The molecule has 0 saturated carbocycles. The number of carbonyl (C=O) groups excluding carboxylic acids is 1.